The van der Waals surface area contributed by atoms with Gasteiger partial charge in [-0.3, -0.25) is 15.0 Å². The highest BCUT2D eigenvalue weighted by Crippen LogP contribution is 2.21. The molecule has 2 aromatic rings. The van der Waals surface area contributed by atoms with Crippen LogP contribution in [0.2, 0.25) is 0 Å². The zero-order valence-corrected chi connectivity index (χ0v) is 16.4. The summed E-state index contributed by atoms with van der Waals surface area (Å²) >= 11 is 0. The smallest absolute Gasteiger partial charge is 0.320 e. The monoisotopic (exact) mass is 401 g/mol. The van der Waals surface area contributed by atoms with Crippen molar-refractivity contribution in [2.75, 3.05) is 50.5 Å². The number of hydrogen-bond donors (Lipinski definition) is 3. The van der Waals surface area contributed by atoms with E-state index in [9.17, 15) is 14.0 Å². The molecule has 2 aromatic heterocycles. The Morgan fingerprint density at radius 1 is 1.10 bits per heavy atom. The lowest BCUT2D eigenvalue weighted by molar-refractivity contribution is 0.0957. The van der Waals surface area contributed by atoms with E-state index in [1.807, 2.05) is 17.0 Å². The van der Waals surface area contributed by atoms with Crippen LogP contribution < -0.4 is 20.9 Å². The van der Waals surface area contributed by atoms with E-state index in [-0.39, 0.29) is 11.7 Å². The van der Waals surface area contributed by atoms with Crippen molar-refractivity contribution in [1.29, 1.82) is 0 Å². The second kappa shape index (κ2) is 9.28. The van der Waals surface area contributed by atoms with Crippen molar-refractivity contribution in [2.45, 2.75) is 6.54 Å². The molecular weight excluding hydrogens is 377 g/mol. The number of aromatic nitrogens is 2. The predicted molar refractivity (Wildman–Crippen MR) is 107 cm³/mol. The van der Waals surface area contributed by atoms with Gasteiger partial charge in [-0.25, -0.2) is 14.8 Å². The predicted octanol–water partition coefficient (Wildman–Crippen LogP) is 1.05. The highest BCUT2D eigenvalue weighted by atomic mass is 19.1. The molecule has 0 bridgehead atoms. The Morgan fingerprint density at radius 3 is 2.52 bits per heavy atom. The second-order valence-corrected chi connectivity index (χ2v) is 6.60. The van der Waals surface area contributed by atoms with Gasteiger partial charge in [0, 0.05) is 53.0 Å². The summed E-state index contributed by atoms with van der Waals surface area (Å²) in [5, 5.41) is 7.58. The highest BCUT2D eigenvalue weighted by molar-refractivity contribution is 5.92. The van der Waals surface area contributed by atoms with Gasteiger partial charge in [0.05, 0.1) is 5.69 Å². The Labute approximate surface area is 168 Å². The van der Waals surface area contributed by atoms with E-state index in [4.69, 9.17) is 0 Å². The van der Waals surface area contributed by atoms with Crippen LogP contribution in [0.1, 0.15) is 16.1 Å². The number of pyridine rings is 2. The number of amides is 3. The maximum absolute atomic E-state index is 14.4. The van der Waals surface area contributed by atoms with Crippen LogP contribution >= 0.6 is 0 Å². The fourth-order valence-electron chi connectivity index (χ4n) is 3.14. The van der Waals surface area contributed by atoms with Crippen molar-refractivity contribution >= 4 is 23.4 Å². The Kier molecular flexibility index (Phi) is 6.55. The van der Waals surface area contributed by atoms with Crippen molar-refractivity contribution < 1.29 is 14.0 Å². The van der Waals surface area contributed by atoms with Crippen LogP contribution in [0.15, 0.2) is 30.5 Å². The SMILES string of the molecule is CNC(=O)Nc1cc(CN2CCN(c3ccc(C(=O)NC)nc3F)CC2)ccn1. The Balaban J connectivity index is 1.58. The molecule has 3 amide bonds. The third-order valence-electron chi connectivity index (χ3n) is 4.70. The number of anilines is 2. The number of nitrogens with zero attached hydrogens (tertiary/aromatic N) is 4. The van der Waals surface area contributed by atoms with E-state index in [0.29, 0.717) is 31.1 Å². The summed E-state index contributed by atoms with van der Waals surface area (Å²) in [5.41, 5.74) is 1.49. The lowest BCUT2D eigenvalue weighted by atomic mass is 10.2. The molecule has 0 atom stereocenters. The quantitative estimate of drug-likeness (QED) is 0.648. The number of carbonyl (C=O) groups is 2. The summed E-state index contributed by atoms with van der Waals surface area (Å²) in [4.78, 5) is 35.1. The van der Waals surface area contributed by atoms with Gasteiger partial charge >= 0.3 is 6.03 Å². The van der Waals surface area contributed by atoms with Crippen molar-refractivity contribution in [1.82, 2.24) is 25.5 Å². The van der Waals surface area contributed by atoms with E-state index in [2.05, 4.69) is 30.8 Å². The number of rotatable bonds is 5. The Morgan fingerprint density at radius 2 is 1.86 bits per heavy atom. The summed E-state index contributed by atoms with van der Waals surface area (Å²) in [6.07, 6.45) is 1.66. The number of hydrogen-bond acceptors (Lipinski definition) is 6. The Hall–Kier alpha value is -3.27. The van der Waals surface area contributed by atoms with E-state index in [1.54, 1.807) is 19.3 Å². The van der Waals surface area contributed by atoms with Gasteiger partial charge in [-0.05, 0) is 29.8 Å². The average Bonchev–Trinajstić information content (AvgIpc) is 2.74. The van der Waals surface area contributed by atoms with Crippen LogP contribution in [0.4, 0.5) is 20.7 Å². The molecule has 3 N–H and O–H groups in total. The third kappa shape index (κ3) is 5.17. The first kappa shape index (κ1) is 20.5. The van der Waals surface area contributed by atoms with Gasteiger partial charge in [-0.1, -0.05) is 0 Å². The molecule has 0 saturated carbocycles. The van der Waals surface area contributed by atoms with E-state index < -0.39 is 11.9 Å². The second-order valence-electron chi connectivity index (χ2n) is 6.60. The Bertz CT molecular complexity index is 885. The maximum Gasteiger partial charge on any atom is 0.320 e. The third-order valence-corrected chi connectivity index (χ3v) is 4.70. The van der Waals surface area contributed by atoms with Gasteiger partial charge < -0.3 is 15.5 Å². The molecule has 154 valence electrons. The molecule has 0 radical (unpaired) electrons. The van der Waals surface area contributed by atoms with E-state index in [1.165, 1.54) is 13.1 Å². The van der Waals surface area contributed by atoms with Crippen LogP contribution in [0.25, 0.3) is 0 Å². The summed E-state index contributed by atoms with van der Waals surface area (Å²) in [5.74, 6) is -0.564. The molecule has 29 heavy (non-hydrogen) atoms. The summed E-state index contributed by atoms with van der Waals surface area (Å²) in [6, 6.07) is 6.55. The fourth-order valence-corrected chi connectivity index (χ4v) is 3.14. The number of halogens is 1. The molecule has 1 fully saturated rings. The number of carbonyl (C=O) groups excluding carboxylic acids is 2. The molecule has 3 rings (SSSR count). The molecule has 1 aliphatic heterocycles. The van der Waals surface area contributed by atoms with Crippen molar-refractivity contribution in [3.8, 4) is 0 Å². The lowest BCUT2D eigenvalue weighted by Gasteiger charge is -2.36. The van der Waals surface area contributed by atoms with Crippen LogP contribution in [0, 0.1) is 5.95 Å². The van der Waals surface area contributed by atoms with Gasteiger partial charge in [-0.15, -0.1) is 0 Å². The molecule has 9 nitrogen and oxygen atoms in total. The van der Waals surface area contributed by atoms with E-state index >= 15 is 0 Å². The molecule has 3 heterocycles. The van der Waals surface area contributed by atoms with Crippen LogP contribution in [0.5, 0.6) is 0 Å². The summed E-state index contributed by atoms with van der Waals surface area (Å²) in [6.45, 7) is 3.49. The molecule has 10 heteroatoms. The van der Waals surface area contributed by atoms with Crippen LogP contribution in [-0.2, 0) is 6.54 Å². The van der Waals surface area contributed by atoms with E-state index in [0.717, 1.165) is 18.7 Å². The molecule has 1 saturated heterocycles. The minimum Gasteiger partial charge on any atom is -0.365 e. The average molecular weight is 401 g/mol. The van der Waals surface area contributed by atoms with Crippen LogP contribution in [-0.4, -0.2) is 67.1 Å². The van der Waals surface area contributed by atoms with Gasteiger partial charge in [0.2, 0.25) is 5.95 Å². The maximum atomic E-state index is 14.4. The molecule has 0 spiro atoms. The molecule has 0 unspecified atom stereocenters. The first-order chi connectivity index (χ1) is 14.0. The minimum atomic E-state index is -0.640. The van der Waals surface area contributed by atoms with Crippen molar-refractivity contribution in [3.05, 3.63) is 47.7 Å². The van der Waals surface area contributed by atoms with Crippen molar-refractivity contribution in [2.24, 2.45) is 0 Å². The lowest BCUT2D eigenvalue weighted by Crippen LogP contribution is -2.46. The summed E-state index contributed by atoms with van der Waals surface area (Å²) in [7, 11) is 3.03. The molecule has 0 aliphatic carbocycles. The molecular formula is C19H24FN7O2. The topological polar surface area (TPSA) is 102 Å². The number of piperazine rings is 1. The molecule has 1 aliphatic rings. The molecule has 0 aromatic carbocycles. The minimum absolute atomic E-state index is 0.0613. The van der Waals surface area contributed by atoms with Crippen molar-refractivity contribution in [3.63, 3.8) is 0 Å². The number of urea groups is 1. The fraction of sp³-hybridized carbons (Fsp3) is 0.368. The zero-order valence-electron chi connectivity index (χ0n) is 16.4. The standard InChI is InChI=1S/C19H24FN7O2/c1-21-18(28)14-3-4-15(17(20)24-14)27-9-7-26(8-10-27)12-13-5-6-23-16(11-13)25-19(29)22-2/h3-6,11H,7-10,12H2,1-2H3,(H,21,28)(H2,22,23,25,29). The van der Waals surface area contributed by atoms with Crippen LogP contribution in [0.3, 0.4) is 0 Å². The number of nitrogens with one attached hydrogen (secondary N) is 3. The van der Waals surface area contributed by atoms with Gasteiger partial charge in [-0.2, -0.15) is 4.39 Å². The summed E-state index contributed by atoms with van der Waals surface area (Å²) < 4.78 is 14.4. The van der Waals surface area contributed by atoms with Gasteiger partial charge in [0.1, 0.15) is 11.5 Å². The first-order valence-corrected chi connectivity index (χ1v) is 9.29. The first-order valence-electron chi connectivity index (χ1n) is 9.29. The largest absolute Gasteiger partial charge is 0.365 e. The van der Waals surface area contributed by atoms with Gasteiger partial charge in [0.15, 0.2) is 0 Å². The zero-order chi connectivity index (χ0) is 20.8. The highest BCUT2D eigenvalue weighted by Gasteiger charge is 2.21. The normalized spacial score (nSPS) is 14.4. The van der Waals surface area contributed by atoms with Gasteiger partial charge in [0.25, 0.3) is 5.91 Å².